The Balaban J connectivity index is 2.35. The van der Waals surface area contributed by atoms with Crippen LogP contribution < -0.4 is 9.64 Å². The summed E-state index contributed by atoms with van der Waals surface area (Å²) in [7, 11) is 1.53. The minimum absolute atomic E-state index is 0.0317. The van der Waals surface area contributed by atoms with Gasteiger partial charge in [-0.15, -0.1) is 0 Å². The van der Waals surface area contributed by atoms with Crippen molar-refractivity contribution in [1.29, 1.82) is 0 Å². The van der Waals surface area contributed by atoms with Gasteiger partial charge in [0.25, 0.3) is 0 Å². The highest BCUT2D eigenvalue weighted by atomic mass is 19.3. The zero-order chi connectivity index (χ0) is 14.8. The van der Waals surface area contributed by atoms with Gasteiger partial charge in [-0.1, -0.05) is 13.0 Å². The van der Waals surface area contributed by atoms with Gasteiger partial charge < -0.3 is 14.4 Å². The van der Waals surface area contributed by atoms with Crippen molar-refractivity contribution in [3.8, 4) is 5.75 Å². The molecule has 0 unspecified atom stereocenters. The predicted octanol–water partition coefficient (Wildman–Crippen LogP) is 2.60. The molecule has 4 nitrogen and oxygen atoms in total. The molecule has 0 aliphatic carbocycles. The molecule has 110 valence electrons. The van der Waals surface area contributed by atoms with Crippen LogP contribution in [0.2, 0.25) is 0 Å². The monoisotopic (exact) mass is 285 g/mol. The maximum absolute atomic E-state index is 13.6. The van der Waals surface area contributed by atoms with Gasteiger partial charge >= 0.3 is 12.0 Å². The Kier molecular flexibility index (Phi) is 4.23. The molecule has 0 atom stereocenters. The van der Waals surface area contributed by atoms with E-state index in [9.17, 15) is 13.6 Å². The van der Waals surface area contributed by atoms with E-state index in [1.807, 2.05) is 6.92 Å². The number of rotatable bonds is 5. The van der Waals surface area contributed by atoms with Gasteiger partial charge in [0.1, 0.15) is 0 Å². The molecule has 0 saturated heterocycles. The van der Waals surface area contributed by atoms with E-state index in [-0.39, 0.29) is 12.3 Å². The summed E-state index contributed by atoms with van der Waals surface area (Å²) in [5, 5.41) is 0. The quantitative estimate of drug-likeness (QED) is 0.781. The Bertz CT molecular complexity index is 505. The van der Waals surface area contributed by atoms with E-state index >= 15 is 0 Å². The van der Waals surface area contributed by atoms with Crippen LogP contribution in [0.15, 0.2) is 18.2 Å². The Morgan fingerprint density at radius 3 is 2.80 bits per heavy atom. The fourth-order valence-electron chi connectivity index (χ4n) is 2.12. The van der Waals surface area contributed by atoms with Crippen LogP contribution in [-0.4, -0.2) is 32.3 Å². The molecule has 1 amide bonds. The highest BCUT2D eigenvalue weighted by molar-refractivity contribution is 6.00. The summed E-state index contributed by atoms with van der Waals surface area (Å²) in [5.41, 5.74) is 1.36. The summed E-state index contributed by atoms with van der Waals surface area (Å²) < 4.78 is 36.6. The van der Waals surface area contributed by atoms with Crippen LogP contribution in [0, 0.1) is 0 Å². The second-order valence-electron chi connectivity index (χ2n) is 4.58. The molecule has 6 heteroatoms. The highest BCUT2D eigenvalue weighted by Gasteiger charge is 2.50. The summed E-state index contributed by atoms with van der Waals surface area (Å²) in [5.74, 6) is -1.29. The number of halogens is 2. The number of nitrogens with zero attached hydrogens (tertiary/aromatic N) is 1. The first-order chi connectivity index (χ1) is 9.49. The lowest BCUT2D eigenvalue weighted by Gasteiger charge is -2.33. The van der Waals surface area contributed by atoms with Crippen LogP contribution >= 0.6 is 0 Å². The summed E-state index contributed by atoms with van der Waals surface area (Å²) in [4.78, 5) is 12.9. The molecule has 0 bridgehead atoms. The Morgan fingerprint density at radius 1 is 1.40 bits per heavy atom. The van der Waals surface area contributed by atoms with E-state index in [4.69, 9.17) is 4.74 Å². The average Bonchev–Trinajstić information content (AvgIpc) is 2.42. The topological polar surface area (TPSA) is 38.8 Å². The second-order valence-corrected chi connectivity index (χ2v) is 4.58. The van der Waals surface area contributed by atoms with Crippen LogP contribution in [0.1, 0.15) is 18.9 Å². The van der Waals surface area contributed by atoms with Gasteiger partial charge in [-0.25, -0.2) is 0 Å². The third kappa shape index (κ3) is 2.75. The van der Waals surface area contributed by atoms with Crippen molar-refractivity contribution in [2.24, 2.45) is 0 Å². The first kappa shape index (κ1) is 14.7. The zero-order valence-electron chi connectivity index (χ0n) is 11.5. The molecule has 0 spiro atoms. The Hall–Kier alpha value is -1.69. The number of ether oxygens (including phenoxy) is 2. The van der Waals surface area contributed by atoms with Gasteiger partial charge in [-0.2, -0.15) is 8.78 Å². The number of methoxy groups -OCH3 is 1. The van der Waals surface area contributed by atoms with Gasteiger partial charge in [0.15, 0.2) is 5.75 Å². The number of aryl methyl sites for hydroxylation is 1. The molecular weight excluding hydrogens is 268 g/mol. The summed E-state index contributed by atoms with van der Waals surface area (Å²) in [6, 6.07) is 4.92. The molecule has 0 radical (unpaired) electrons. The molecule has 0 aromatic heterocycles. The predicted molar refractivity (Wildman–Crippen MR) is 70.2 cm³/mol. The van der Waals surface area contributed by atoms with Crippen molar-refractivity contribution in [2.45, 2.75) is 25.9 Å². The number of anilines is 1. The Labute approximate surface area is 116 Å². The fourth-order valence-corrected chi connectivity index (χ4v) is 2.12. The fraction of sp³-hybridized carbons (Fsp3) is 0.500. The molecule has 0 N–H and O–H groups in total. The number of amides is 1. The van der Waals surface area contributed by atoms with Crippen molar-refractivity contribution in [1.82, 2.24) is 0 Å². The van der Waals surface area contributed by atoms with Crippen LogP contribution in [0.5, 0.6) is 5.75 Å². The molecule has 1 aromatic carbocycles. The third-order valence-electron chi connectivity index (χ3n) is 3.18. The lowest BCUT2D eigenvalue weighted by atomic mass is 10.1. The molecule has 2 rings (SSSR count). The van der Waals surface area contributed by atoms with E-state index in [1.54, 1.807) is 12.1 Å². The van der Waals surface area contributed by atoms with Crippen LogP contribution in [0.4, 0.5) is 14.5 Å². The normalized spacial score (nSPS) is 16.8. The standard InChI is InChI=1S/C14H17F2NO3/c1-3-10-5-6-12-11(9-10)17(7-4-8-19-2)13(18)14(15,16)20-12/h5-6,9H,3-4,7-8H2,1-2H3. The molecule has 1 aromatic rings. The van der Waals surface area contributed by atoms with Crippen LogP contribution in [0.3, 0.4) is 0 Å². The number of alkyl halides is 2. The zero-order valence-corrected chi connectivity index (χ0v) is 11.5. The van der Waals surface area contributed by atoms with Gasteiger partial charge in [0, 0.05) is 20.3 Å². The van der Waals surface area contributed by atoms with E-state index in [2.05, 4.69) is 4.74 Å². The summed E-state index contributed by atoms with van der Waals surface area (Å²) >= 11 is 0. The molecule has 0 fully saturated rings. The largest absolute Gasteiger partial charge is 0.482 e. The number of hydrogen-bond acceptors (Lipinski definition) is 3. The first-order valence-electron chi connectivity index (χ1n) is 6.50. The third-order valence-corrected chi connectivity index (χ3v) is 3.18. The molecule has 1 aliphatic rings. The average molecular weight is 285 g/mol. The molecular formula is C14H17F2NO3. The highest BCUT2D eigenvalue weighted by Crippen LogP contribution is 2.39. The van der Waals surface area contributed by atoms with E-state index < -0.39 is 12.0 Å². The van der Waals surface area contributed by atoms with Crippen molar-refractivity contribution < 1.29 is 23.0 Å². The number of hydrogen-bond donors (Lipinski definition) is 0. The maximum Gasteiger partial charge on any atom is 0.482 e. The number of carbonyl (C=O) groups is 1. The van der Waals surface area contributed by atoms with Crippen molar-refractivity contribution >= 4 is 11.6 Å². The second kappa shape index (κ2) is 5.75. The smallest absolute Gasteiger partial charge is 0.423 e. The van der Waals surface area contributed by atoms with Crippen molar-refractivity contribution in [3.63, 3.8) is 0 Å². The molecule has 1 aliphatic heterocycles. The van der Waals surface area contributed by atoms with Gasteiger partial charge in [0.2, 0.25) is 0 Å². The van der Waals surface area contributed by atoms with E-state index in [0.29, 0.717) is 18.7 Å². The first-order valence-corrected chi connectivity index (χ1v) is 6.50. The molecule has 1 heterocycles. The lowest BCUT2D eigenvalue weighted by molar-refractivity contribution is -0.192. The Morgan fingerprint density at radius 2 is 2.15 bits per heavy atom. The van der Waals surface area contributed by atoms with Crippen molar-refractivity contribution in [2.75, 3.05) is 25.2 Å². The maximum atomic E-state index is 13.6. The number of fused-ring (bicyclic) bond motifs is 1. The lowest BCUT2D eigenvalue weighted by Crippen LogP contribution is -2.51. The van der Waals surface area contributed by atoms with Crippen LogP contribution in [0.25, 0.3) is 0 Å². The summed E-state index contributed by atoms with van der Waals surface area (Å²) in [6.07, 6.45) is -2.58. The van der Waals surface area contributed by atoms with E-state index in [0.717, 1.165) is 16.9 Å². The van der Waals surface area contributed by atoms with E-state index in [1.165, 1.54) is 13.2 Å². The molecule has 20 heavy (non-hydrogen) atoms. The van der Waals surface area contributed by atoms with Gasteiger partial charge in [0.05, 0.1) is 5.69 Å². The van der Waals surface area contributed by atoms with Gasteiger partial charge in [-0.3, -0.25) is 4.79 Å². The minimum atomic E-state index is -3.81. The number of carbonyl (C=O) groups excluding carboxylic acids is 1. The van der Waals surface area contributed by atoms with Gasteiger partial charge in [-0.05, 0) is 30.5 Å². The number of benzene rings is 1. The SMILES string of the molecule is CCc1ccc2c(c1)N(CCCOC)C(=O)C(F)(F)O2. The minimum Gasteiger partial charge on any atom is -0.423 e. The van der Waals surface area contributed by atoms with Crippen LogP contribution in [-0.2, 0) is 16.0 Å². The summed E-state index contributed by atoms with van der Waals surface area (Å²) in [6.45, 7) is 2.53. The molecule has 0 saturated carbocycles. The van der Waals surface area contributed by atoms with Crippen molar-refractivity contribution in [3.05, 3.63) is 23.8 Å².